The summed E-state index contributed by atoms with van der Waals surface area (Å²) in [5, 5.41) is 0. The fourth-order valence-electron chi connectivity index (χ4n) is 1.16. The van der Waals surface area contributed by atoms with Crippen LogP contribution in [0, 0.1) is 5.92 Å². The number of rotatable bonds is 2. The minimum absolute atomic E-state index is 0.105. The van der Waals surface area contributed by atoms with Crippen LogP contribution in [0.4, 0.5) is 5.69 Å². The van der Waals surface area contributed by atoms with Crippen LogP contribution in [0.3, 0.4) is 0 Å². The van der Waals surface area contributed by atoms with Gasteiger partial charge in [0.1, 0.15) is 5.69 Å². The van der Waals surface area contributed by atoms with E-state index in [9.17, 15) is 4.79 Å². The number of nitrogens with zero attached hydrogens (tertiary/aromatic N) is 1. The molecule has 1 saturated carbocycles. The van der Waals surface area contributed by atoms with Gasteiger partial charge in [0.15, 0.2) is 5.78 Å². The average Bonchev–Trinajstić information content (AvgIpc) is 2.86. The van der Waals surface area contributed by atoms with Gasteiger partial charge < -0.3 is 5.73 Å². The maximum Gasteiger partial charge on any atom is 0.186 e. The molecular formula is C9H10N2O. The number of nitrogens with two attached hydrogens (primary N) is 1. The van der Waals surface area contributed by atoms with Gasteiger partial charge in [0.05, 0.1) is 5.69 Å². The van der Waals surface area contributed by atoms with Gasteiger partial charge in [0, 0.05) is 12.1 Å². The molecule has 0 spiro atoms. The number of carbonyl (C=O) groups excluding carboxylic acids is 1. The number of ketones is 1. The fraction of sp³-hybridized carbons (Fsp3) is 0.333. The van der Waals surface area contributed by atoms with E-state index < -0.39 is 0 Å². The van der Waals surface area contributed by atoms with Gasteiger partial charge >= 0.3 is 0 Å². The van der Waals surface area contributed by atoms with Crippen LogP contribution >= 0.6 is 0 Å². The molecule has 0 radical (unpaired) electrons. The standard InChI is InChI=1S/C9H10N2O/c10-7-2-1-5-11-8(7)9(12)6-3-4-6/h1-2,5-6H,3-4,10H2. The number of nitrogen functional groups attached to an aromatic ring is 1. The lowest BCUT2D eigenvalue weighted by atomic mass is 10.1. The normalized spacial score (nSPS) is 16.0. The van der Waals surface area contributed by atoms with Crippen molar-refractivity contribution in [2.45, 2.75) is 12.8 Å². The summed E-state index contributed by atoms with van der Waals surface area (Å²) in [6.45, 7) is 0. The first-order valence-corrected chi connectivity index (χ1v) is 4.04. The Labute approximate surface area is 70.6 Å². The van der Waals surface area contributed by atoms with Crippen molar-refractivity contribution in [3.8, 4) is 0 Å². The second kappa shape index (κ2) is 2.59. The Kier molecular flexibility index (Phi) is 1.57. The van der Waals surface area contributed by atoms with Crippen molar-refractivity contribution in [2.75, 3.05) is 5.73 Å². The lowest BCUT2D eigenvalue weighted by Gasteiger charge is -2.00. The second-order valence-corrected chi connectivity index (χ2v) is 3.08. The smallest absolute Gasteiger partial charge is 0.186 e. The molecule has 0 unspecified atom stereocenters. The van der Waals surface area contributed by atoms with E-state index in [2.05, 4.69) is 4.98 Å². The van der Waals surface area contributed by atoms with Gasteiger partial charge in [-0.15, -0.1) is 0 Å². The van der Waals surface area contributed by atoms with Crippen molar-refractivity contribution in [3.63, 3.8) is 0 Å². The lowest BCUT2D eigenvalue weighted by molar-refractivity contribution is 0.0964. The highest BCUT2D eigenvalue weighted by molar-refractivity contribution is 6.01. The lowest BCUT2D eigenvalue weighted by Crippen LogP contribution is -2.07. The fourth-order valence-corrected chi connectivity index (χ4v) is 1.16. The molecule has 2 N–H and O–H groups in total. The first kappa shape index (κ1) is 7.28. The molecule has 0 aliphatic heterocycles. The Morgan fingerprint density at radius 1 is 1.58 bits per heavy atom. The Hall–Kier alpha value is -1.38. The van der Waals surface area contributed by atoms with Gasteiger partial charge in [0.25, 0.3) is 0 Å². The maximum absolute atomic E-state index is 11.5. The molecular weight excluding hydrogens is 152 g/mol. The molecule has 1 aliphatic carbocycles. The Morgan fingerprint density at radius 3 is 2.92 bits per heavy atom. The van der Waals surface area contributed by atoms with Crippen molar-refractivity contribution >= 4 is 11.5 Å². The van der Waals surface area contributed by atoms with E-state index in [-0.39, 0.29) is 11.7 Å². The van der Waals surface area contributed by atoms with Gasteiger partial charge in [-0.1, -0.05) is 0 Å². The second-order valence-electron chi connectivity index (χ2n) is 3.08. The van der Waals surface area contributed by atoms with Gasteiger partial charge in [-0.25, -0.2) is 0 Å². The molecule has 0 aromatic carbocycles. The predicted octanol–water partition coefficient (Wildman–Crippen LogP) is 1.26. The van der Waals surface area contributed by atoms with Crippen LogP contribution in [-0.4, -0.2) is 10.8 Å². The maximum atomic E-state index is 11.5. The topological polar surface area (TPSA) is 56.0 Å². The summed E-state index contributed by atoms with van der Waals surface area (Å²) in [6, 6.07) is 3.45. The molecule has 1 heterocycles. The monoisotopic (exact) mass is 162 g/mol. The molecule has 1 fully saturated rings. The van der Waals surface area contributed by atoms with Crippen LogP contribution < -0.4 is 5.73 Å². The van der Waals surface area contributed by atoms with Gasteiger partial charge in [-0.2, -0.15) is 0 Å². The van der Waals surface area contributed by atoms with E-state index in [0.29, 0.717) is 11.4 Å². The minimum atomic E-state index is 0.105. The van der Waals surface area contributed by atoms with Crippen molar-refractivity contribution < 1.29 is 4.79 Å². The largest absolute Gasteiger partial charge is 0.397 e. The van der Waals surface area contributed by atoms with Crippen LogP contribution in [0.1, 0.15) is 23.3 Å². The number of aromatic nitrogens is 1. The molecule has 2 rings (SSSR count). The summed E-state index contributed by atoms with van der Waals surface area (Å²) in [7, 11) is 0. The number of Topliss-reactive ketones (excluding diaryl/α,β-unsaturated/α-hetero) is 1. The first-order chi connectivity index (χ1) is 5.79. The molecule has 3 heteroatoms. The zero-order valence-corrected chi connectivity index (χ0v) is 6.66. The number of carbonyl (C=O) groups is 1. The van der Waals surface area contributed by atoms with Crippen molar-refractivity contribution in [1.82, 2.24) is 4.98 Å². The van der Waals surface area contributed by atoms with E-state index in [0.717, 1.165) is 12.8 Å². The number of anilines is 1. The van der Waals surface area contributed by atoms with Crippen LogP contribution in [0.25, 0.3) is 0 Å². The highest BCUT2D eigenvalue weighted by Crippen LogP contribution is 2.33. The summed E-state index contributed by atoms with van der Waals surface area (Å²) in [5.41, 5.74) is 6.54. The Balaban J connectivity index is 2.32. The van der Waals surface area contributed by atoms with Crippen molar-refractivity contribution in [2.24, 2.45) is 5.92 Å². The van der Waals surface area contributed by atoms with E-state index in [1.54, 1.807) is 18.3 Å². The van der Waals surface area contributed by atoms with E-state index in [1.165, 1.54) is 0 Å². The molecule has 0 amide bonds. The van der Waals surface area contributed by atoms with Crippen LogP contribution in [0.15, 0.2) is 18.3 Å². The Bertz CT molecular complexity index is 318. The number of pyridine rings is 1. The van der Waals surface area contributed by atoms with Crippen LogP contribution in [0.5, 0.6) is 0 Å². The highest BCUT2D eigenvalue weighted by atomic mass is 16.1. The quantitative estimate of drug-likeness (QED) is 0.666. The van der Waals surface area contributed by atoms with Gasteiger partial charge in [0.2, 0.25) is 0 Å². The molecule has 0 bridgehead atoms. The number of hydrogen-bond donors (Lipinski definition) is 1. The third-order valence-corrected chi connectivity index (χ3v) is 2.02. The average molecular weight is 162 g/mol. The SMILES string of the molecule is Nc1cccnc1C(=O)C1CC1. The number of hydrogen-bond acceptors (Lipinski definition) is 3. The molecule has 12 heavy (non-hydrogen) atoms. The molecule has 1 aromatic rings. The minimum Gasteiger partial charge on any atom is -0.397 e. The van der Waals surface area contributed by atoms with E-state index in [4.69, 9.17) is 5.73 Å². The zero-order chi connectivity index (χ0) is 8.55. The van der Waals surface area contributed by atoms with Crippen LogP contribution in [0.2, 0.25) is 0 Å². The van der Waals surface area contributed by atoms with Gasteiger partial charge in [-0.3, -0.25) is 9.78 Å². The molecule has 1 aliphatic rings. The highest BCUT2D eigenvalue weighted by Gasteiger charge is 2.32. The summed E-state index contributed by atoms with van der Waals surface area (Å²) >= 11 is 0. The van der Waals surface area contributed by atoms with E-state index in [1.807, 2.05) is 0 Å². The third kappa shape index (κ3) is 1.18. The van der Waals surface area contributed by atoms with Crippen molar-refractivity contribution in [1.29, 1.82) is 0 Å². The molecule has 62 valence electrons. The molecule has 1 aromatic heterocycles. The third-order valence-electron chi connectivity index (χ3n) is 2.02. The summed E-state index contributed by atoms with van der Waals surface area (Å²) < 4.78 is 0. The molecule has 3 nitrogen and oxygen atoms in total. The van der Waals surface area contributed by atoms with E-state index >= 15 is 0 Å². The summed E-state index contributed by atoms with van der Waals surface area (Å²) in [6.07, 6.45) is 3.59. The zero-order valence-electron chi connectivity index (χ0n) is 6.66. The van der Waals surface area contributed by atoms with Gasteiger partial charge in [-0.05, 0) is 25.0 Å². The summed E-state index contributed by atoms with van der Waals surface area (Å²) in [4.78, 5) is 15.5. The predicted molar refractivity (Wildman–Crippen MR) is 45.7 cm³/mol. The van der Waals surface area contributed by atoms with Crippen molar-refractivity contribution in [3.05, 3.63) is 24.0 Å². The summed E-state index contributed by atoms with van der Waals surface area (Å²) in [5.74, 6) is 0.301. The Morgan fingerprint density at radius 2 is 2.33 bits per heavy atom. The molecule has 0 saturated heterocycles. The van der Waals surface area contributed by atoms with Crippen LogP contribution in [-0.2, 0) is 0 Å². The first-order valence-electron chi connectivity index (χ1n) is 4.04. The molecule has 0 atom stereocenters.